The van der Waals surface area contributed by atoms with E-state index in [2.05, 4.69) is 29.0 Å². The van der Waals surface area contributed by atoms with E-state index < -0.39 is 0 Å². The van der Waals surface area contributed by atoms with Crippen molar-refractivity contribution in [1.82, 2.24) is 15.1 Å². The molecular weight excluding hydrogens is 240 g/mol. The zero-order valence-corrected chi connectivity index (χ0v) is 12.5. The number of nitrogens with one attached hydrogen (secondary N) is 1. The van der Waals surface area contributed by atoms with Gasteiger partial charge in [0.1, 0.15) is 0 Å². The second-order valence-electron chi connectivity index (χ2n) is 5.30. The van der Waals surface area contributed by atoms with Gasteiger partial charge in [-0.1, -0.05) is 13.8 Å². The van der Waals surface area contributed by atoms with Gasteiger partial charge in [-0.3, -0.25) is 14.6 Å². The molecule has 0 aromatic carbocycles. The number of rotatable bonds is 8. The van der Waals surface area contributed by atoms with E-state index in [4.69, 9.17) is 5.73 Å². The van der Waals surface area contributed by atoms with Crippen molar-refractivity contribution < 1.29 is 4.79 Å². The summed E-state index contributed by atoms with van der Waals surface area (Å²) in [6.07, 6.45) is 3.23. The molecule has 1 aliphatic rings. The van der Waals surface area contributed by atoms with Crippen LogP contribution in [0.3, 0.4) is 0 Å². The summed E-state index contributed by atoms with van der Waals surface area (Å²) in [5.74, 6) is 0.157. The Morgan fingerprint density at radius 1 is 1.26 bits per heavy atom. The van der Waals surface area contributed by atoms with Gasteiger partial charge >= 0.3 is 0 Å². The number of nitrogens with zero attached hydrogens (tertiary/aromatic N) is 2. The zero-order valence-electron chi connectivity index (χ0n) is 12.5. The average Bonchev–Trinajstić information content (AvgIpc) is 2.43. The van der Waals surface area contributed by atoms with Crippen LogP contribution in [0, 0.1) is 0 Å². The van der Waals surface area contributed by atoms with Gasteiger partial charge in [0.25, 0.3) is 0 Å². The third-order valence-corrected chi connectivity index (χ3v) is 3.83. The van der Waals surface area contributed by atoms with Gasteiger partial charge in [0.2, 0.25) is 5.91 Å². The molecule has 0 saturated carbocycles. The predicted octanol–water partition coefficient (Wildman–Crippen LogP) is 0.258. The zero-order chi connectivity index (χ0) is 14.1. The summed E-state index contributed by atoms with van der Waals surface area (Å²) in [6, 6.07) is 0.612. The van der Waals surface area contributed by atoms with Gasteiger partial charge in [0.15, 0.2) is 0 Å². The lowest BCUT2D eigenvalue weighted by Gasteiger charge is -2.38. The minimum atomic E-state index is 0.157. The largest absolute Gasteiger partial charge is 0.355 e. The molecule has 0 aromatic rings. The summed E-state index contributed by atoms with van der Waals surface area (Å²) in [6.45, 7) is 10.5. The molecule has 1 aliphatic heterocycles. The van der Waals surface area contributed by atoms with Crippen LogP contribution in [0.5, 0.6) is 0 Å². The van der Waals surface area contributed by atoms with E-state index in [1.165, 1.54) is 0 Å². The van der Waals surface area contributed by atoms with Crippen molar-refractivity contribution in [2.45, 2.75) is 39.2 Å². The number of piperazine rings is 1. The van der Waals surface area contributed by atoms with Crippen molar-refractivity contribution in [2.24, 2.45) is 5.73 Å². The average molecular weight is 270 g/mol. The van der Waals surface area contributed by atoms with E-state index in [-0.39, 0.29) is 5.91 Å². The fourth-order valence-electron chi connectivity index (χ4n) is 2.65. The fraction of sp³-hybridized carbons (Fsp3) is 0.929. The molecule has 1 fully saturated rings. The third kappa shape index (κ3) is 5.89. The van der Waals surface area contributed by atoms with Crippen molar-refractivity contribution in [3.8, 4) is 0 Å². The lowest BCUT2D eigenvalue weighted by molar-refractivity contribution is -0.122. The molecule has 112 valence electrons. The van der Waals surface area contributed by atoms with Crippen LogP contribution in [0.1, 0.15) is 33.1 Å². The summed E-state index contributed by atoms with van der Waals surface area (Å²) in [5.41, 5.74) is 5.66. The number of carbonyl (C=O) groups excluding carboxylic acids is 1. The van der Waals surface area contributed by atoms with Crippen LogP contribution in [0.2, 0.25) is 0 Å². The van der Waals surface area contributed by atoms with Gasteiger partial charge < -0.3 is 11.1 Å². The van der Waals surface area contributed by atoms with Crippen molar-refractivity contribution >= 4 is 5.91 Å². The monoisotopic (exact) mass is 270 g/mol. The SMILES string of the molecule is CCCNC(=O)CN1CCN(C(CC)CCN)CC1. The van der Waals surface area contributed by atoms with Crippen LogP contribution in [0.4, 0.5) is 0 Å². The highest BCUT2D eigenvalue weighted by molar-refractivity contribution is 5.77. The van der Waals surface area contributed by atoms with Crippen LogP contribution in [-0.4, -0.2) is 67.6 Å². The molecule has 1 atom stereocenters. The smallest absolute Gasteiger partial charge is 0.234 e. The van der Waals surface area contributed by atoms with Gasteiger partial charge in [0, 0.05) is 38.8 Å². The van der Waals surface area contributed by atoms with Crippen LogP contribution in [-0.2, 0) is 4.79 Å². The first-order valence-corrected chi connectivity index (χ1v) is 7.64. The van der Waals surface area contributed by atoms with Crippen molar-refractivity contribution in [3.63, 3.8) is 0 Å². The first kappa shape index (κ1) is 16.4. The Hall–Kier alpha value is -0.650. The molecule has 1 unspecified atom stereocenters. The van der Waals surface area contributed by atoms with Crippen LogP contribution in [0.15, 0.2) is 0 Å². The number of hydrogen-bond acceptors (Lipinski definition) is 4. The molecule has 5 heteroatoms. The first-order chi connectivity index (χ1) is 9.21. The molecule has 1 amide bonds. The maximum absolute atomic E-state index is 11.7. The Bertz CT molecular complexity index is 252. The maximum atomic E-state index is 11.7. The van der Waals surface area contributed by atoms with Crippen LogP contribution < -0.4 is 11.1 Å². The van der Waals surface area contributed by atoms with Crippen molar-refractivity contribution in [2.75, 3.05) is 45.8 Å². The topological polar surface area (TPSA) is 61.6 Å². The molecule has 3 N–H and O–H groups in total. The lowest BCUT2D eigenvalue weighted by Crippen LogP contribution is -2.52. The first-order valence-electron chi connectivity index (χ1n) is 7.64. The Labute approximate surface area is 117 Å². The van der Waals surface area contributed by atoms with E-state index in [1.54, 1.807) is 0 Å². The number of amides is 1. The van der Waals surface area contributed by atoms with E-state index >= 15 is 0 Å². The summed E-state index contributed by atoms with van der Waals surface area (Å²) in [5, 5.41) is 2.93. The van der Waals surface area contributed by atoms with Gasteiger partial charge in [-0.25, -0.2) is 0 Å². The minimum Gasteiger partial charge on any atom is -0.355 e. The lowest BCUT2D eigenvalue weighted by atomic mass is 10.1. The van der Waals surface area contributed by atoms with E-state index in [1.807, 2.05) is 0 Å². The van der Waals surface area contributed by atoms with Crippen LogP contribution in [0.25, 0.3) is 0 Å². The van der Waals surface area contributed by atoms with Gasteiger partial charge in [-0.2, -0.15) is 0 Å². The number of nitrogens with two attached hydrogens (primary N) is 1. The third-order valence-electron chi connectivity index (χ3n) is 3.83. The normalized spacial score (nSPS) is 19.3. The second-order valence-corrected chi connectivity index (χ2v) is 5.30. The van der Waals surface area contributed by atoms with Crippen LogP contribution >= 0.6 is 0 Å². The Kier molecular flexibility index (Phi) is 8.02. The molecular formula is C14H30N4O. The highest BCUT2D eigenvalue weighted by atomic mass is 16.2. The molecule has 0 spiro atoms. The Morgan fingerprint density at radius 2 is 1.95 bits per heavy atom. The van der Waals surface area contributed by atoms with Crippen molar-refractivity contribution in [1.29, 1.82) is 0 Å². The Balaban J connectivity index is 2.26. The van der Waals surface area contributed by atoms with Gasteiger partial charge in [0.05, 0.1) is 6.54 Å². The minimum absolute atomic E-state index is 0.157. The van der Waals surface area contributed by atoms with Gasteiger partial charge in [-0.15, -0.1) is 0 Å². The standard InChI is InChI=1S/C14H30N4O/c1-3-7-16-14(19)12-17-8-10-18(11-9-17)13(4-2)5-6-15/h13H,3-12,15H2,1-2H3,(H,16,19). The molecule has 1 saturated heterocycles. The maximum Gasteiger partial charge on any atom is 0.234 e. The van der Waals surface area contributed by atoms with Gasteiger partial charge in [-0.05, 0) is 25.8 Å². The summed E-state index contributed by atoms with van der Waals surface area (Å²) in [7, 11) is 0. The summed E-state index contributed by atoms with van der Waals surface area (Å²) >= 11 is 0. The molecule has 0 aliphatic carbocycles. The molecule has 1 rings (SSSR count). The quantitative estimate of drug-likeness (QED) is 0.664. The number of hydrogen-bond donors (Lipinski definition) is 2. The van der Waals surface area contributed by atoms with E-state index in [0.29, 0.717) is 12.6 Å². The molecule has 19 heavy (non-hydrogen) atoms. The highest BCUT2D eigenvalue weighted by Gasteiger charge is 2.23. The summed E-state index contributed by atoms with van der Waals surface area (Å²) in [4.78, 5) is 16.4. The molecule has 0 radical (unpaired) electrons. The second kappa shape index (κ2) is 9.28. The highest BCUT2D eigenvalue weighted by Crippen LogP contribution is 2.11. The molecule has 0 bridgehead atoms. The Morgan fingerprint density at radius 3 is 2.47 bits per heavy atom. The predicted molar refractivity (Wildman–Crippen MR) is 79.1 cm³/mol. The fourth-order valence-corrected chi connectivity index (χ4v) is 2.65. The number of carbonyl (C=O) groups is 1. The molecule has 1 heterocycles. The van der Waals surface area contributed by atoms with Crippen molar-refractivity contribution in [3.05, 3.63) is 0 Å². The van der Waals surface area contributed by atoms with E-state index in [9.17, 15) is 4.79 Å². The van der Waals surface area contributed by atoms with E-state index in [0.717, 1.165) is 58.5 Å². The molecule has 5 nitrogen and oxygen atoms in total. The summed E-state index contributed by atoms with van der Waals surface area (Å²) < 4.78 is 0. The molecule has 0 aromatic heterocycles.